The van der Waals surface area contributed by atoms with Gasteiger partial charge in [0.05, 0.1) is 24.0 Å². The molecule has 1 aromatic rings. The Kier molecular flexibility index (Phi) is 4.51. The van der Waals surface area contributed by atoms with Gasteiger partial charge in [0.15, 0.2) is 0 Å². The third-order valence-electron chi connectivity index (χ3n) is 3.32. The van der Waals surface area contributed by atoms with Crippen LogP contribution in [0.25, 0.3) is 0 Å². The van der Waals surface area contributed by atoms with E-state index < -0.39 is 10.1 Å². The molecule has 0 aliphatic heterocycles. The second-order valence-electron chi connectivity index (χ2n) is 5.37. The van der Waals surface area contributed by atoms with Crippen LogP contribution in [0.4, 0.5) is 5.69 Å². The SMILES string of the molecule is CCN(C)/C=N/c1cc(C2CC2)c(OS(C)(=O)=O)nc1C. The van der Waals surface area contributed by atoms with Crippen molar-refractivity contribution in [1.82, 2.24) is 9.88 Å². The molecule has 1 fully saturated rings. The Bertz CT molecular complexity index is 652. The highest BCUT2D eigenvalue weighted by molar-refractivity contribution is 7.86. The Labute approximate surface area is 126 Å². The van der Waals surface area contributed by atoms with Crippen LogP contribution in [0, 0.1) is 6.92 Å². The molecule has 0 spiro atoms. The van der Waals surface area contributed by atoms with Gasteiger partial charge in [-0.1, -0.05) is 0 Å². The third kappa shape index (κ3) is 4.42. The molecule has 0 bridgehead atoms. The molecule has 0 saturated heterocycles. The van der Waals surface area contributed by atoms with Gasteiger partial charge in [0, 0.05) is 19.2 Å². The summed E-state index contributed by atoms with van der Waals surface area (Å²) in [6.07, 6.45) is 4.84. The second-order valence-corrected chi connectivity index (χ2v) is 6.94. The van der Waals surface area contributed by atoms with Crippen molar-refractivity contribution in [2.75, 3.05) is 19.8 Å². The molecular formula is C14H21N3O3S. The van der Waals surface area contributed by atoms with Crippen molar-refractivity contribution in [2.24, 2.45) is 4.99 Å². The molecule has 6 nitrogen and oxygen atoms in total. The monoisotopic (exact) mass is 311 g/mol. The van der Waals surface area contributed by atoms with Crippen LogP contribution in [-0.4, -0.2) is 44.5 Å². The zero-order chi connectivity index (χ0) is 15.6. The molecule has 2 rings (SSSR count). The predicted octanol–water partition coefficient (Wildman–Crippen LogP) is 2.22. The number of nitrogens with zero attached hydrogens (tertiary/aromatic N) is 3. The molecule has 1 aromatic heterocycles. The van der Waals surface area contributed by atoms with E-state index in [4.69, 9.17) is 4.18 Å². The van der Waals surface area contributed by atoms with Gasteiger partial charge >= 0.3 is 10.1 Å². The van der Waals surface area contributed by atoms with Crippen molar-refractivity contribution in [2.45, 2.75) is 32.6 Å². The third-order valence-corrected chi connectivity index (χ3v) is 3.78. The van der Waals surface area contributed by atoms with E-state index >= 15 is 0 Å². The summed E-state index contributed by atoms with van der Waals surface area (Å²) in [5, 5.41) is 0. The van der Waals surface area contributed by atoms with Crippen molar-refractivity contribution < 1.29 is 12.6 Å². The number of rotatable bonds is 6. The topological polar surface area (TPSA) is 71.9 Å². The van der Waals surface area contributed by atoms with E-state index in [0.717, 1.165) is 36.9 Å². The van der Waals surface area contributed by atoms with Gasteiger partial charge in [-0.25, -0.2) is 9.98 Å². The Balaban J connectivity index is 2.37. The van der Waals surface area contributed by atoms with Gasteiger partial charge in [-0.15, -0.1) is 0 Å². The summed E-state index contributed by atoms with van der Waals surface area (Å²) in [5.74, 6) is 0.521. The summed E-state index contributed by atoms with van der Waals surface area (Å²) in [5.41, 5.74) is 2.23. The van der Waals surface area contributed by atoms with E-state index in [9.17, 15) is 8.42 Å². The van der Waals surface area contributed by atoms with Crippen LogP contribution in [0.2, 0.25) is 0 Å². The average molecular weight is 311 g/mol. The minimum Gasteiger partial charge on any atom is -0.366 e. The highest BCUT2D eigenvalue weighted by Gasteiger charge is 2.29. The Hall–Kier alpha value is -1.63. The quantitative estimate of drug-likeness (QED) is 0.457. The van der Waals surface area contributed by atoms with Crippen molar-refractivity contribution >= 4 is 22.1 Å². The molecule has 0 atom stereocenters. The summed E-state index contributed by atoms with van der Waals surface area (Å²) in [4.78, 5) is 10.7. The van der Waals surface area contributed by atoms with Gasteiger partial charge < -0.3 is 9.08 Å². The molecule has 0 unspecified atom stereocenters. The number of aryl methyl sites for hydroxylation is 1. The van der Waals surface area contributed by atoms with E-state index in [1.165, 1.54) is 0 Å². The molecule has 0 aromatic carbocycles. The van der Waals surface area contributed by atoms with E-state index in [2.05, 4.69) is 9.98 Å². The summed E-state index contributed by atoms with van der Waals surface area (Å²) < 4.78 is 27.7. The summed E-state index contributed by atoms with van der Waals surface area (Å²) >= 11 is 0. The number of hydrogen-bond donors (Lipinski definition) is 0. The molecule has 1 aliphatic rings. The van der Waals surface area contributed by atoms with E-state index in [-0.39, 0.29) is 5.88 Å². The first-order valence-electron chi connectivity index (χ1n) is 6.95. The molecule has 0 radical (unpaired) electrons. The summed E-state index contributed by atoms with van der Waals surface area (Å²) in [7, 11) is -1.63. The first-order valence-corrected chi connectivity index (χ1v) is 8.77. The lowest BCUT2D eigenvalue weighted by Gasteiger charge is -2.12. The minimum atomic E-state index is -3.57. The maximum Gasteiger partial charge on any atom is 0.307 e. The second kappa shape index (κ2) is 6.01. The molecule has 116 valence electrons. The summed E-state index contributed by atoms with van der Waals surface area (Å²) in [6, 6.07) is 1.89. The smallest absolute Gasteiger partial charge is 0.307 e. The molecule has 1 heterocycles. The number of aromatic nitrogens is 1. The molecule has 7 heteroatoms. The molecule has 21 heavy (non-hydrogen) atoms. The normalized spacial score (nSPS) is 15.4. The highest BCUT2D eigenvalue weighted by atomic mass is 32.2. The van der Waals surface area contributed by atoms with Crippen molar-refractivity contribution in [3.05, 3.63) is 17.3 Å². The Morgan fingerprint density at radius 3 is 2.71 bits per heavy atom. The molecular weight excluding hydrogens is 290 g/mol. The fourth-order valence-electron chi connectivity index (χ4n) is 1.86. The van der Waals surface area contributed by atoms with Crippen molar-refractivity contribution in [3.63, 3.8) is 0 Å². The standard InChI is InChI=1S/C14H21N3O3S/c1-5-17(3)9-15-13-8-12(11-6-7-11)14(16-10(13)2)20-21(4,18)19/h8-9,11H,5-7H2,1-4H3/b15-9+. The maximum absolute atomic E-state index is 11.3. The fourth-order valence-corrected chi connectivity index (χ4v) is 2.28. The molecule has 1 saturated carbocycles. The van der Waals surface area contributed by atoms with Gasteiger partial charge in [-0.2, -0.15) is 8.42 Å². The van der Waals surface area contributed by atoms with Crippen LogP contribution in [0.1, 0.15) is 36.9 Å². The minimum absolute atomic E-state index is 0.195. The van der Waals surface area contributed by atoms with Crippen molar-refractivity contribution in [1.29, 1.82) is 0 Å². The average Bonchev–Trinajstić information content (AvgIpc) is 3.19. The fraction of sp³-hybridized carbons (Fsp3) is 0.571. The van der Waals surface area contributed by atoms with Gasteiger partial charge in [0.25, 0.3) is 0 Å². The van der Waals surface area contributed by atoms with Crippen LogP contribution in [0.3, 0.4) is 0 Å². The lowest BCUT2D eigenvalue weighted by molar-refractivity contribution is 0.478. The highest BCUT2D eigenvalue weighted by Crippen LogP contribution is 2.45. The molecule has 0 amide bonds. The lowest BCUT2D eigenvalue weighted by atomic mass is 10.1. The first-order chi connectivity index (χ1) is 9.80. The molecule has 0 N–H and O–H groups in total. The number of hydrogen-bond acceptors (Lipinski definition) is 5. The first kappa shape index (κ1) is 15.8. The van der Waals surface area contributed by atoms with Crippen LogP contribution in [0.15, 0.2) is 11.1 Å². The van der Waals surface area contributed by atoms with Crippen molar-refractivity contribution in [3.8, 4) is 5.88 Å². The van der Waals surface area contributed by atoms with Crippen LogP contribution in [0.5, 0.6) is 5.88 Å². The largest absolute Gasteiger partial charge is 0.366 e. The van der Waals surface area contributed by atoms with Crippen LogP contribution >= 0.6 is 0 Å². The maximum atomic E-state index is 11.3. The zero-order valence-corrected chi connectivity index (χ0v) is 13.6. The Morgan fingerprint density at radius 2 is 2.19 bits per heavy atom. The van der Waals surface area contributed by atoms with Gasteiger partial charge in [0.2, 0.25) is 5.88 Å². The summed E-state index contributed by atoms with van der Waals surface area (Å²) in [6.45, 7) is 4.70. The van der Waals surface area contributed by atoms with Crippen LogP contribution < -0.4 is 4.18 Å². The van der Waals surface area contributed by atoms with E-state index in [1.807, 2.05) is 24.9 Å². The predicted molar refractivity (Wildman–Crippen MR) is 82.9 cm³/mol. The van der Waals surface area contributed by atoms with Gasteiger partial charge in [-0.05, 0) is 38.7 Å². The van der Waals surface area contributed by atoms with E-state index in [1.54, 1.807) is 13.3 Å². The Morgan fingerprint density at radius 1 is 1.52 bits per heavy atom. The number of aliphatic imine (C=N–C) groups is 1. The lowest BCUT2D eigenvalue weighted by Crippen LogP contribution is -2.14. The number of pyridine rings is 1. The van der Waals surface area contributed by atoms with Gasteiger partial charge in [-0.3, -0.25) is 0 Å². The van der Waals surface area contributed by atoms with Gasteiger partial charge in [0.1, 0.15) is 0 Å². The van der Waals surface area contributed by atoms with Crippen LogP contribution in [-0.2, 0) is 10.1 Å². The zero-order valence-electron chi connectivity index (χ0n) is 12.8. The molecule has 1 aliphatic carbocycles. The van der Waals surface area contributed by atoms with E-state index in [0.29, 0.717) is 11.6 Å².